The predicted octanol–water partition coefficient (Wildman–Crippen LogP) is 0.119. The molecule has 0 bridgehead atoms. The van der Waals surface area contributed by atoms with Crippen LogP contribution in [-0.4, -0.2) is 66.0 Å². The van der Waals surface area contributed by atoms with Gasteiger partial charge in [-0.25, -0.2) is 20.4 Å². The summed E-state index contributed by atoms with van der Waals surface area (Å²) in [6.45, 7) is -0.466. The predicted molar refractivity (Wildman–Crippen MR) is 105 cm³/mol. The van der Waals surface area contributed by atoms with Crippen LogP contribution >= 0.6 is 11.6 Å². The Kier molecular flexibility index (Phi) is 5.30. The third kappa shape index (κ3) is 3.50. The molecule has 1 aromatic carbocycles. The van der Waals surface area contributed by atoms with Gasteiger partial charge in [0, 0.05) is 10.6 Å². The number of aromatic nitrogens is 4. The molecule has 1 fully saturated rings. The Balaban J connectivity index is 1.73. The van der Waals surface area contributed by atoms with Gasteiger partial charge in [-0.05, 0) is 6.07 Å². The van der Waals surface area contributed by atoms with Gasteiger partial charge >= 0.3 is 0 Å². The van der Waals surface area contributed by atoms with E-state index in [0.717, 1.165) is 0 Å². The fraction of sp³-hybridized carbons (Fsp3) is 0.294. The van der Waals surface area contributed by atoms with Crippen molar-refractivity contribution in [2.45, 2.75) is 24.5 Å². The van der Waals surface area contributed by atoms with Crippen molar-refractivity contribution in [1.29, 1.82) is 0 Å². The van der Waals surface area contributed by atoms with E-state index in [2.05, 4.69) is 25.5 Å². The standard InChI is InChI=1S/C17H18ClN7O4/c18-9-4-2-1-3-8(9)5-22-24-17-23-11-14(19)20-7-21-15(11)25(17)16-13(28)12(27)10(6-26)29-16/h1-5,7,10,12-13,16,26-28H,6H2,(H,23,24)(H2,19,20,21)/t10-,12+,13+,16-/m0/s1. The summed E-state index contributed by atoms with van der Waals surface area (Å²) >= 11 is 6.11. The summed E-state index contributed by atoms with van der Waals surface area (Å²) in [5.41, 5.74) is 9.85. The minimum Gasteiger partial charge on any atom is -0.394 e. The second kappa shape index (κ2) is 7.89. The Morgan fingerprint density at radius 3 is 2.79 bits per heavy atom. The Bertz CT molecular complexity index is 1060. The van der Waals surface area contributed by atoms with Crippen molar-refractivity contribution in [3.05, 3.63) is 41.2 Å². The van der Waals surface area contributed by atoms with E-state index in [0.29, 0.717) is 10.6 Å². The Morgan fingerprint density at radius 1 is 1.28 bits per heavy atom. The lowest BCUT2D eigenvalue weighted by Gasteiger charge is -2.18. The van der Waals surface area contributed by atoms with Crippen molar-refractivity contribution in [2.24, 2.45) is 5.10 Å². The molecule has 152 valence electrons. The molecule has 11 nitrogen and oxygen atoms in total. The highest BCUT2D eigenvalue weighted by atomic mass is 35.5. The molecule has 1 aliphatic rings. The molecule has 3 aromatic rings. The number of nitrogen functional groups attached to an aromatic ring is 1. The molecule has 4 atom stereocenters. The van der Waals surface area contributed by atoms with Crippen molar-refractivity contribution in [2.75, 3.05) is 17.8 Å². The SMILES string of the molecule is Nc1ncnc2c1nc(NN=Cc1ccccc1Cl)n2[C@H]1O[C@@H](CO)[C@@H](O)[C@H]1O. The van der Waals surface area contributed by atoms with Crippen molar-refractivity contribution in [3.8, 4) is 0 Å². The monoisotopic (exact) mass is 419 g/mol. The van der Waals surface area contributed by atoms with Gasteiger partial charge in [0.1, 0.15) is 24.6 Å². The van der Waals surface area contributed by atoms with Crippen LogP contribution in [0.3, 0.4) is 0 Å². The number of halogens is 1. The minimum atomic E-state index is -1.34. The topological polar surface area (TPSA) is 164 Å². The molecule has 6 N–H and O–H groups in total. The highest BCUT2D eigenvalue weighted by molar-refractivity contribution is 6.33. The van der Waals surface area contributed by atoms with E-state index >= 15 is 0 Å². The highest BCUT2D eigenvalue weighted by Crippen LogP contribution is 2.35. The largest absolute Gasteiger partial charge is 0.394 e. The minimum absolute atomic E-state index is 0.124. The van der Waals surface area contributed by atoms with E-state index in [9.17, 15) is 15.3 Å². The summed E-state index contributed by atoms with van der Waals surface area (Å²) in [6, 6.07) is 7.13. The van der Waals surface area contributed by atoms with Crippen LogP contribution in [-0.2, 0) is 4.74 Å². The summed E-state index contributed by atoms with van der Waals surface area (Å²) in [7, 11) is 0. The van der Waals surface area contributed by atoms with E-state index < -0.39 is 31.1 Å². The first kappa shape index (κ1) is 19.5. The molecule has 1 aliphatic heterocycles. The number of rotatable bonds is 5. The number of ether oxygens (including phenoxy) is 1. The fourth-order valence-electron chi connectivity index (χ4n) is 3.08. The van der Waals surface area contributed by atoms with Crippen molar-refractivity contribution < 1.29 is 20.1 Å². The second-order valence-electron chi connectivity index (χ2n) is 6.36. The molecule has 0 amide bonds. The van der Waals surface area contributed by atoms with Gasteiger partial charge in [0.25, 0.3) is 0 Å². The number of hydrogen-bond acceptors (Lipinski definition) is 10. The molecule has 0 aliphatic carbocycles. The van der Waals surface area contributed by atoms with Crippen molar-refractivity contribution in [1.82, 2.24) is 19.5 Å². The first-order valence-corrected chi connectivity index (χ1v) is 9.03. The number of fused-ring (bicyclic) bond motifs is 1. The van der Waals surface area contributed by atoms with Gasteiger partial charge in [0.05, 0.1) is 12.8 Å². The Labute approximate surface area is 169 Å². The summed E-state index contributed by atoms with van der Waals surface area (Å²) in [4.78, 5) is 12.4. The van der Waals surface area contributed by atoms with Gasteiger partial charge in [-0.1, -0.05) is 29.8 Å². The zero-order chi connectivity index (χ0) is 20.5. The van der Waals surface area contributed by atoms with E-state index in [1.807, 2.05) is 6.07 Å². The second-order valence-corrected chi connectivity index (χ2v) is 6.76. The molecule has 2 aromatic heterocycles. The third-order valence-corrected chi connectivity index (χ3v) is 4.89. The molecule has 3 heterocycles. The number of nitrogens with one attached hydrogen (secondary N) is 1. The number of hydrazone groups is 1. The van der Waals surface area contributed by atoms with Crippen LogP contribution in [0.25, 0.3) is 11.2 Å². The first-order valence-electron chi connectivity index (χ1n) is 8.65. The summed E-state index contributed by atoms with van der Waals surface area (Å²) in [6.07, 6.45) is -1.94. The maximum atomic E-state index is 10.4. The van der Waals surface area contributed by atoms with Crippen LogP contribution in [0.4, 0.5) is 11.8 Å². The van der Waals surface area contributed by atoms with Crippen LogP contribution in [0, 0.1) is 0 Å². The van der Waals surface area contributed by atoms with Crippen LogP contribution in [0.2, 0.25) is 5.02 Å². The Morgan fingerprint density at radius 2 is 2.07 bits per heavy atom. The zero-order valence-corrected chi connectivity index (χ0v) is 15.7. The maximum Gasteiger partial charge on any atom is 0.228 e. The average Bonchev–Trinajstić information content (AvgIpc) is 3.22. The lowest BCUT2D eigenvalue weighted by molar-refractivity contribution is -0.0501. The first-order chi connectivity index (χ1) is 14.0. The number of nitrogens with zero attached hydrogens (tertiary/aromatic N) is 5. The van der Waals surface area contributed by atoms with Crippen LogP contribution in [0.5, 0.6) is 0 Å². The third-order valence-electron chi connectivity index (χ3n) is 4.55. The van der Waals surface area contributed by atoms with E-state index in [-0.39, 0.29) is 22.9 Å². The molecular formula is C17H18ClN7O4. The summed E-state index contributed by atoms with van der Waals surface area (Å²) in [5, 5.41) is 34.6. The van der Waals surface area contributed by atoms with Gasteiger partial charge in [-0.3, -0.25) is 4.57 Å². The lowest BCUT2D eigenvalue weighted by Crippen LogP contribution is -2.33. The Hall–Kier alpha value is -2.83. The fourth-order valence-corrected chi connectivity index (χ4v) is 3.26. The van der Waals surface area contributed by atoms with Crippen molar-refractivity contribution in [3.63, 3.8) is 0 Å². The normalized spacial score (nSPS) is 24.6. The molecular weight excluding hydrogens is 402 g/mol. The van der Waals surface area contributed by atoms with Gasteiger partial charge < -0.3 is 25.8 Å². The molecule has 29 heavy (non-hydrogen) atoms. The average molecular weight is 420 g/mol. The molecule has 0 radical (unpaired) electrons. The molecule has 1 saturated heterocycles. The smallest absolute Gasteiger partial charge is 0.228 e. The van der Waals surface area contributed by atoms with Gasteiger partial charge in [-0.2, -0.15) is 5.10 Å². The number of anilines is 2. The molecule has 0 spiro atoms. The summed E-state index contributed by atoms with van der Waals surface area (Å²) in [5.74, 6) is 0.268. The quantitative estimate of drug-likeness (QED) is 0.285. The zero-order valence-electron chi connectivity index (χ0n) is 14.9. The van der Waals surface area contributed by atoms with Gasteiger partial charge in [0.15, 0.2) is 23.2 Å². The molecule has 0 saturated carbocycles. The summed E-state index contributed by atoms with van der Waals surface area (Å²) < 4.78 is 7.01. The molecule has 0 unspecified atom stereocenters. The van der Waals surface area contributed by atoms with Gasteiger partial charge in [0.2, 0.25) is 5.95 Å². The van der Waals surface area contributed by atoms with Crippen molar-refractivity contribution >= 4 is 40.7 Å². The molecule has 12 heteroatoms. The highest BCUT2D eigenvalue weighted by Gasteiger charge is 2.45. The van der Waals surface area contributed by atoms with Crippen LogP contribution in [0.15, 0.2) is 35.7 Å². The number of nitrogens with two attached hydrogens (primary N) is 1. The van der Waals surface area contributed by atoms with E-state index in [1.54, 1.807) is 18.2 Å². The van der Waals surface area contributed by atoms with Crippen LogP contribution < -0.4 is 11.2 Å². The van der Waals surface area contributed by atoms with E-state index in [4.69, 9.17) is 22.1 Å². The number of benzene rings is 1. The number of hydrogen-bond donors (Lipinski definition) is 5. The number of aliphatic hydroxyl groups excluding tert-OH is 3. The maximum absolute atomic E-state index is 10.4. The number of imidazole rings is 1. The van der Waals surface area contributed by atoms with Crippen LogP contribution in [0.1, 0.15) is 11.8 Å². The van der Waals surface area contributed by atoms with Gasteiger partial charge in [-0.15, -0.1) is 0 Å². The number of aliphatic hydroxyl groups is 3. The lowest BCUT2D eigenvalue weighted by atomic mass is 10.1. The van der Waals surface area contributed by atoms with E-state index in [1.165, 1.54) is 17.1 Å². The molecule has 4 rings (SSSR count).